The lowest BCUT2D eigenvalue weighted by Gasteiger charge is -2.32. The summed E-state index contributed by atoms with van der Waals surface area (Å²) < 4.78 is 27.3. The fourth-order valence-corrected chi connectivity index (χ4v) is 5.92. The molecular weight excluding hydrogens is 386 g/mol. The number of halogens is 1. The van der Waals surface area contributed by atoms with Gasteiger partial charge in [-0.3, -0.25) is 10.2 Å². The van der Waals surface area contributed by atoms with Gasteiger partial charge in [0.25, 0.3) is 0 Å². The minimum Gasteiger partial charge on any atom is -0.289 e. The van der Waals surface area contributed by atoms with Crippen molar-refractivity contribution in [3.8, 4) is 0 Å². The molecule has 1 N–H and O–H groups in total. The van der Waals surface area contributed by atoms with E-state index in [-0.39, 0.29) is 21.7 Å². The van der Waals surface area contributed by atoms with Crippen LogP contribution in [0.4, 0.5) is 0 Å². The molecule has 1 aromatic carbocycles. The van der Waals surface area contributed by atoms with Gasteiger partial charge in [0.2, 0.25) is 15.9 Å². The van der Waals surface area contributed by atoms with Crippen molar-refractivity contribution >= 4 is 27.5 Å². The summed E-state index contributed by atoms with van der Waals surface area (Å²) in [4.78, 5) is 12.6. The van der Waals surface area contributed by atoms with Crippen LogP contribution >= 0.6 is 11.6 Å². The Balaban J connectivity index is 1.59. The number of piperidine rings is 1. The van der Waals surface area contributed by atoms with Gasteiger partial charge in [0, 0.05) is 32.6 Å². The van der Waals surface area contributed by atoms with Crippen LogP contribution in [0.25, 0.3) is 0 Å². The molecule has 150 valence electrons. The van der Waals surface area contributed by atoms with E-state index >= 15 is 0 Å². The quantitative estimate of drug-likeness (QED) is 0.805. The minimum absolute atomic E-state index is 0.0149. The van der Waals surface area contributed by atoms with E-state index in [1.54, 1.807) is 18.2 Å². The summed E-state index contributed by atoms with van der Waals surface area (Å²) in [6.07, 6.45) is 6.60. The Labute approximate surface area is 166 Å². The second-order valence-corrected chi connectivity index (χ2v) is 9.76. The standard InChI is InChI=1S/C19H28ClN3O3S/c20-17-9-3-4-10-18(17)27(25,26)23-13-7-8-16(15-23)14-19(24)21-22-11-5-1-2-6-12-22/h3-4,9-10,16H,1-2,5-8,11-15H2,(H,21,24). The van der Waals surface area contributed by atoms with Crippen molar-refractivity contribution in [3.05, 3.63) is 29.3 Å². The van der Waals surface area contributed by atoms with Crippen LogP contribution in [-0.4, -0.2) is 49.8 Å². The van der Waals surface area contributed by atoms with E-state index in [0.29, 0.717) is 19.5 Å². The fraction of sp³-hybridized carbons (Fsp3) is 0.632. The molecule has 2 saturated heterocycles. The minimum atomic E-state index is -3.63. The maximum atomic E-state index is 12.9. The predicted molar refractivity (Wildman–Crippen MR) is 106 cm³/mol. The van der Waals surface area contributed by atoms with Crippen molar-refractivity contribution in [3.63, 3.8) is 0 Å². The van der Waals surface area contributed by atoms with Crippen LogP contribution in [0, 0.1) is 5.92 Å². The Bertz CT molecular complexity index is 748. The zero-order valence-electron chi connectivity index (χ0n) is 15.6. The molecule has 1 amide bonds. The molecule has 1 atom stereocenters. The number of nitrogens with zero attached hydrogens (tertiary/aromatic N) is 2. The normalized spacial score (nSPS) is 22.9. The Morgan fingerprint density at radius 2 is 1.78 bits per heavy atom. The van der Waals surface area contributed by atoms with Crippen LogP contribution in [0.2, 0.25) is 5.02 Å². The number of nitrogens with one attached hydrogen (secondary N) is 1. The van der Waals surface area contributed by atoms with Gasteiger partial charge in [-0.05, 0) is 43.7 Å². The maximum Gasteiger partial charge on any atom is 0.244 e. The molecule has 2 aliphatic heterocycles. The number of hydrogen-bond acceptors (Lipinski definition) is 4. The Morgan fingerprint density at radius 1 is 1.07 bits per heavy atom. The van der Waals surface area contributed by atoms with Crippen LogP contribution in [0.1, 0.15) is 44.9 Å². The van der Waals surface area contributed by atoms with Crippen LogP contribution in [0.15, 0.2) is 29.2 Å². The van der Waals surface area contributed by atoms with Crippen molar-refractivity contribution < 1.29 is 13.2 Å². The van der Waals surface area contributed by atoms with Crippen LogP contribution in [-0.2, 0) is 14.8 Å². The second kappa shape index (κ2) is 9.37. The van der Waals surface area contributed by atoms with Gasteiger partial charge in [0.1, 0.15) is 4.90 Å². The molecule has 8 heteroatoms. The molecule has 0 radical (unpaired) electrons. The first-order chi connectivity index (χ1) is 13.0. The molecule has 0 aromatic heterocycles. The highest BCUT2D eigenvalue weighted by molar-refractivity contribution is 7.89. The highest BCUT2D eigenvalue weighted by Gasteiger charge is 2.32. The van der Waals surface area contributed by atoms with Crippen molar-refractivity contribution in [1.29, 1.82) is 0 Å². The number of carbonyl (C=O) groups is 1. The summed E-state index contributed by atoms with van der Waals surface area (Å²) in [6.45, 7) is 2.62. The highest BCUT2D eigenvalue weighted by Crippen LogP contribution is 2.29. The van der Waals surface area contributed by atoms with Crippen molar-refractivity contribution in [1.82, 2.24) is 14.7 Å². The van der Waals surface area contributed by atoms with Gasteiger partial charge in [0.15, 0.2) is 0 Å². The van der Waals surface area contributed by atoms with Crippen molar-refractivity contribution in [2.75, 3.05) is 26.2 Å². The molecular formula is C19H28ClN3O3S. The number of sulfonamides is 1. The summed E-state index contributed by atoms with van der Waals surface area (Å²) >= 11 is 6.10. The van der Waals surface area contributed by atoms with E-state index < -0.39 is 10.0 Å². The van der Waals surface area contributed by atoms with Crippen LogP contribution in [0.5, 0.6) is 0 Å². The average molecular weight is 414 g/mol. The van der Waals surface area contributed by atoms with Gasteiger partial charge < -0.3 is 0 Å². The van der Waals surface area contributed by atoms with Gasteiger partial charge >= 0.3 is 0 Å². The van der Waals surface area contributed by atoms with E-state index in [4.69, 9.17) is 11.6 Å². The summed E-state index contributed by atoms with van der Waals surface area (Å²) in [6, 6.07) is 6.51. The molecule has 6 nitrogen and oxygen atoms in total. The number of benzene rings is 1. The van der Waals surface area contributed by atoms with Crippen molar-refractivity contribution in [2.24, 2.45) is 5.92 Å². The zero-order valence-corrected chi connectivity index (χ0v) is 17.1. The third-order valence-corrected chi connectivity index (χ3v) is 7.66. The molecule has 0 saturated carbocycles. The van der Waals surface area contributed by atoms with Gasteiger partial charge in [-0.15, -0.1) is 0 Å². The summed E-state index contributed by atoms with van der Waals surface area (Å²) in [5.41, 5.74) is 3.01. The Hall–Kier alpha value is -1.15. The molecule has 2 aliphatic rings. The molecule has 0 spiro atoms. The first-order valence-corrected chi connectivity index (χ1v) is 11.6. The molecule has 3 rings (SSSR count). The predicted octanol–water partition coefficient (Wildman–Crippen LogP) is 3.04. The first kappa shape index (κ1) is 20.6. The lowest BCUT2D eigenvalue weighted by molar-refractivity contribution is -0.127. The Morgan fingerprint density at radius 3 is 2.48 bits per heavy atom. The number of amides is 1. The van der Waals surface area contributed by atoms with Crippen LogP contribution < -0.4 is 5.43 Å². The molecule has 27 heavy (non-hydrogen) atoms. The van der Waals surface area contributed by atoms with Gasteiger partial charge in [-0.2, -0.15) is 4.31 Å². The van der Waals surface area contributed by atoms with Gasteiger partial charge in [-0.25, -0.2) is 13.4 Å². The molecule has 1 unspecified atom stereocenters. The molecule has 1 aromatic rings. The van der Waals surface area contributed by atoms with E-state index in [0.717, 1.165) is 38.8 Å². The lowest BCUT2D eigenvalue weighted by Crippen LogP contribution is -2.45. The number of carbonyl (C=O) groups excluding carboxylic acids is 1. The van der Waals surface area contributed by atoms with E-state index in [1.807, 2.05) is 5.01 Å². The van der Waals surface area contributed by atoms with E-state index in [2.05, 4.69) is 5.43 Å². The molecule has 2 heterocycles. The monoisotopic (exact) mass is 413 g/mol. The summed E-state index contributed by atoms with van der Waals surface area (Å²) in [7, 11) is -3.63. The molecule has 2 fully saturated rings. The van der Waals surface area contributed by atoms with Crippen LogP contribution in [0.3, 0.4) is 0 Å². The SMILES string of the molecule is O=C(CC1CCCN(S(=O)(=O)c2ccccc2Cl)C1)NN1CCCCCC1. The summed E-state index contributed by atoms with van der Waals surface area (Å²) in [5.74, 6) is 0.0156. The largest absolute Gasteiger partial charge is 0.289 e. The average Bonchev–Trinajstić information content (AvgIpc) is 2.90. The van der Waals surface area contributed by atoms with E-state index in [9.17, 15) is 13.2 Å². The van der Waals surface area contributed by atoms with E-state index in [1.165, 1.54) is 23.2 Å². The number of rotatable bonds is 5. The number of hydrogen-bond donors (Lipinski definition) is 1. The smallest absolute Gasteiger partial charge is 0.244 e. The molecule has 0 aliphatic carbocycles. The first-order valence-electron chi connectivity index (χ1n) is 9.76. The Kier molecular flexibility index (Phi) is 7.14. The number of hydrazine groups is 1. The maximum absolute atomic E-state index is 12.9. The van der Waals surface area contributed by atoms with Gasteiger partial charge in [0.05, 0.1) is 5.02 Å². The highest BCUT2D eigenvalue weighted by atomic mass is 35.5. The topological polar surface area (TPSA) is 69.7 Å². The zero-order chi connectivity index (χ0) is 19.3. The van der Waals surface area contributed by atoms with Crippen molar-refractivity contribution in [2.45, 2.75) is 49.8 Å². The molecule has 0 bridgehead atoms. The summed E-state index contributed by atoms with van der Waals surface area (Å²) in [5, 5.41) is 2.25. The van der Waals surface area contributed by atoms with Gasteiger partial charge in [-0.1, -0.05) is 36.6 Å². The fourth-order valence-electron chi connectivity index (χ4n) is 3.87. The second-order valence-electron chi connectivity index (χ2n) is 7.44. The third-order valence-electron chi connectivity index (χ3n) is 5.30. The third kappa shape index (κ3) is 5.44. The lowest BCUT2D eigenvalue weighted by atomic mass is 9.96.